The van der Waals surface area contributed by atoms with Crippen LogP contribution in [-0.4, -0.2) is 78.0 Å². The standard InChI is InChI=1S/C36H54FN7O6/c1-8-13-29(41-36(49)31(23(6)9-2)43-33(46)25-16-18-44(50)19-17-25)34(47)40-27(20-26-14-11-12-15-28(26)37)21-39-24(7)32(45)42-30(22(4)5)35(48)38-10-3/h11-12,14-19,22-24,27,29-31,39H,8-10,13,20-21H2,1-7H3,(H5-,38,40,41,42,43,45,46,47,48,49,50)/p+1/t23-,24-,27-,29-,30-,31-/m0/s1. The van der Waals surface area contributed by atoms with Gasteiger partial charge in [0, 0.05) is 36.0 Å². The van der Waals surface area contributed by atoms with E-state index < -0.39 is 59.7 Å². The van der Waals surface area contributed by atoms with Crippen molar-refractivity contribution in [3.8, 4) is 0 Å². The summed E-state index contributed by atoms with van der Waals surface area (Å²) < 4.78 is 15.5. The van der Waals surface area contributed by atoms with Crippen LogP contribution in [0.15, 0.2) is 48.8 Å². The van der Waals surface area contributed by atoms with E-state index in [-0.39, 0.29) is 36.3 Å². The van der Waals surface area contributed by atoms with Gasteiger partial charge in [-0.3, -0.25) is 29.2 Å². The van der Waals surface area contributed by atoms with Crippen LogP contribution >= 0.6 is 0 Å². The lowest BCUT2D eigenvalue weighted by Gasteiger charge is -2.28. The Morgan fingerprint density at radius 2 is 1.46 bits per heavy atom. The van der Waals surface area contributed by atoms with Gasteiger partial charge in [0.1, 0.15) is 23.9 Å². The maximum absolute atomic E-state index is 14.7. The van der Waals surface area contributed by atoms with E-state index in [1.807, 2.05) is 34.6 Å². The fourth-order valence-electron chi connectivity index (χ4n) is 5.23. The van der Waals surface area contributed by atoms with Gasteiger partial charge in [-0.15, -0.1) is 0 Å². The van der Waals surface area contributed by atoms with Crippen molar-refractivity contribution in [2.45, 2.75) is 104 Å². The molecule has 5 amide bonds. The van der Waals surface area contributed by atoms with Crippen molar-refractivity contribution in [1.82, 2.24) is 31.9 Å². The molecule has 0 unspecified atom stereocenters. The summed E-state index contributed by atoms with van der Waals surface area (Å²) >= 11 is 0. The number of nitrogens with one attached hydrogen (secondary N) is 6. The molecule has 6 atom stereocenters. The quantitative estimate of drug-likeness (QED) is 0.0812. The zero-order chi connectivity index (χ0) is 37.4. The second kappa shape index (κ2) is 20.8. The number of halogens is 1. The minimum absolute atomic E-state index is 0.0748. The van der Waals surface area contributed by atoms with E-state index in [1.165, 1.54) is 30.6 Å². The van der Waals surface area contributed by atoms with Crippen molar-refractivity contribution in [3.63, 3.8) is 0 Å². The van der Waals surface area contributed by atoms with E-state index in [1.54, 1.807) is 32.0 Å². The minimum atomic E-state index is -0.964. The smallest absolute Gasteiger partial charge is 0.252 e. The van der Waals surface area contributed by atoms with E-state index in [0.29, 0.717) is 31.4 Å². The first-order valence-electron chi connectivity index (χ1n) is 17.4. The normalized spacial score (nSPS) is 14.7. The highest BCUT2D eigenvalue weighted by molar-refractivity contribution is 5.98. The predicted molar refractivity (Wildman–Crippen MR) is 186 cm³/mol. The number of carbonyl (C=O) groups is 5. The molecular formula is C36H55FN7O6+. The van der Waals surface area contributed by atoms with Crippen LogP contribution in [0, 0.1) is 17.7 Å². The minimum Gasteiger partial charge on any atom is -0.355 e. The summed E-state index contributed by atoms with van der Waals surface area (Å²) in [6.45, 7) is 13.2. The highest BCUT2D eigenvalue weighted by Crippen LogP contribution is 2.13. The number of likely N-dealkylation sites (N-methyl/N-ethyl adjacent to an activating group) is 1. The third-order valence-electron chi connectivity index (χ3n) is 8.50. The van der Waals surface area contributed by atoms with Crippen LogP contribution in [0.25, 0.3) is 0 Å². The maximum atomic E-state index is 14.7. The molecular weight excluding hydrogens is 645 g/mol. The van der Waals surface area contributed by atoms with Gasteiger partial charge in [-0.2, -0.15) is 0 Å². The third-order valence-corrected chi connectivity index (χ3v) is 8.50. The number of hydrogen-bond donors (Lipinski definition) is 7. The molecule has 1 aromatic carbocycles. The fraction of sp³-hybridized carbons (Fsp3) is 0.556. The lowest BCUT2D eigenvalue weighted by atomic mass is 9.97. The van der Waals surface area contributed by atoms with Crippen LogP contribution in [0.3, 0.4) is 0 Å². The molecule has 2 rings (SSSR count). The van der Waals surface area contributed by atoms with E-state index in [2.05, 4.69) is 31.9 Å². The molecule has 0 fully saturated rings. The number of benzene rings is 1. The molecule has 13 nitrogen and oxygen atoms in total. The van der Waals surface area contributed by atoms with E-state index in [0.717, 1.165) is 4.73 Å². The molecule has 1 aromatic heterocycles. The van der Waals surface area contributed by atoms with Gasteiger partial charge in [0.05, 0.1) is 11.6 Å². The summed E-state index contributed by atoms with van der Waals surface area (Å²) in [5.41, 5.74) is 0.602. The van der Waals surface area contributed by atoms with Crippen LogP contribution in [-0.2, 0) is 25.6 Å². The zero-order valence-electron chi connectivity index (χ0n) is 30.2. The molecule has 2 aromatic rings. The van der Waals surface area contributed by atoms with Crippen molar-refractivity contribution < 1.29 is 38.3 Å². The van der Waals surface area contributed by atoms with E-state index >= 15 is 0 Å². The van der Waals surface area contributed by atoms with E-state index in [9.17, 15) is 33.6 Å². The fourth-order valence-corrected chi connectivity index (χ4v) is 5.23. The lowest BCUT2D eigenvalue weighted by Crippen LogP contribution is -2.58. The second-order valence-corrected chi connectivity index (χ2v) is 12.9. The molecule has 0 bridgehead atoms. The Hall–Kier alpha value is -4.59. The van der Waals surface area contributed by atoms with Crippen LogP contribution in [0.2, 0.25) is 0 Å². The Morgan fingerprint density at radius 1 is 0.800 bits per heavy atom. The van der Waals surface area contributed by atoms with E-state index in [4.69, 9.17) is 0 Å². The molecule has 1 heterocycles. The molecule has 50 heavy (non-hydrogen) atoms. The molecule has 14 heteroatoms. The SMILES string of the molecule is CCC[C@H](NC(=O)[C@@H](NC(=O)c1cc[n+](O)cc1)[C@@H](C)CC)C(=O)N[C@H](CN[C@@H](C)C(=O)N[C@H](C(=O)NCC)C(C)C)Cc1ccccc1F. The number of aromatic nitrogens is 1. The van der Waals surface area contributed by atoms with Crippen LogP contribution in [0.1, 0.15) is 83.7 Å². The van der Waals surface area contributed by atoms with Crippen molar-refractivity contribution >= 4 is 29.5 Å². The monoisotopic (exact) mass is 700 g/mol. The van der Waals surface area contributed by atoms with Gasteiger partial charge >= 0.3 is 0 Å². The summed E-state index contributed by atoms with van der Waals surface area (Å²) in [5.74, 6) is -3.12. The van der Waals surface area contributed by atoms with Crippen LogP contribution in [0.4, 0.5) is 4.39 Å². The molecule has 0 saturated carbocycles. The topological polar surface area (TPSA) is 182 Å². The summed E-state index contributed by atoms with van der Waals surface area (Å²) in [7, 11) is 0. The Bertz CT molecular complexity index is 1420. The van der Waals surface area contributed by atoms with Gasteiger partial charge in [-0.25, -0.2) is 4.39 Å². The number of carbonyl (C=O) groups excluding carboxylic acids is 5. The largest absolute Gasteiger partial charge is 0.355 e. The summed E-state index contributed by atoms with van der Waals surface area (Å²) in [5, 5.41) is 26.6. The predicted octanol–water partition coefficient (Wildman–Crippen LogP) is 1.76. The molecule has 0 aliphatic rings. The van der Waals surface area contributed by atoms with Crippen LogP contribution in [0.5, 0.6) is 0 Å². The number of amides is 5. The lowest BCUT2D eigenvalue weighted by molar-refractivity contribution is -0.904. The van der Waals surface area contributed by atoms with Crippen molar-refractivity contribution in [3.05, 3.63) is 65.7 Å². The molecule has 7 N–H and O–H groups in total. The van der Waals surface area contributed by atoms with Crippen molar-refractivity contribution in [2.75, 3.05) is 13.1 Å². The molecule has 0 spiro atoms. The Morgan fingerprint density at radius 3 is 2.04 bits per heavy atom. The Balaban J connectivity index is 2.22. The molecule has 276 valence electrons. The Labute approximate surface area is 294 Å². The first-order valence-corrected chi connectivity index (χ1v) is 17.4. The van der Waals surface area contributed by atoms with Gasteiger partial charge in [0.25, 0.3) is 5.91 Å². The number of hydrogen-bond acceptors (Lipinski definition) is 7. The molecule has 0 radical (unpaired) electrons. The average molecular weight is 701 g/mol. The molecule has 0 aliphatic heterocycles. The first-order chi connectivity index (χ1) is 23.7. The first kappa shape index (κ1) is 41.6. The second-order valence-electron chi connectivity index (χ2n) is 12.9. The number of rotatable bonds is 20. The highest BCUT2D eigenvalue weighted by atomic mass is 19.1. The van der Waals surface area contributed by atoms with Gasteiger partial charge in [0.15, 0.2) is 0 Å². The summed E-state index contributed by atoms with van der Waals surface area (Å²) in [4.78, 5) is 65.9. The zero-order valence-corrected chi connectivity index (χ0v) is 30.2. The van der Waals surface area contributed by atoms with Crippen molar-refractivity contribution in [2.24, 2.45) is 11.8 Å². The average Bonchev–Trinajstić information content (AvgIpc) is 3.08. The number of nitrogens with zero attached hydrogens (tertiary/aromatic N) is 1. The van der Waals surface area contributed by atoms with Gasteiger partial charge in [0.2, 0.25) is 36.0 Å². The van der Waals surface area contributed by atoms with Gasteiger partial charge < -0.3 is 31.9 Å². The van der Waals surface area contributed by atoms with Gasteiger partial charge in [-0.1, -0.05) is 65.7 Å². The van der Waals surface area contributed by atoms with Crippen LogP contribution < -0.4 is 36.6 Å². The summed E-state index contributed by atoms with van der Waals surface area (Å²) in [6.07, 6.45) is 4.10. The maximum Gasteiger partial charge on any atom is 0.252 e. The molecule has 0 saturated heterocycles. The number of pyridine rings is 1. The summed E-state index contributed by atoms with van der Waals surface area (Å²) in [6, 6.07) is 4.92. The van der Waals surface area contributed by atoms with Gasteiger partial charge in [-0.05, 0) is 50.2 Å². The Kier molecular flexibility index (Phi) is 17.3. The third kappa shape index (κ3) is 13.0. The van der Waals surface area contributed by atoms with Crippen molar-refractivity contribution in [1.29, 1.82) is 0 Å². The molecule has 0 aliphatic carbocycles. The highest BCUT2D eigenvalue weighted by Gasteiger charge is 2.31.